The second kappa shape index (κ2) is 11.5. The standard InChI is InChI=1S/C30H40F2N4O5S/c1-16-23(42-15-34-16)17-8-9-18(20(12-17)41-29(5,6)7)13-33-25(38)22-21(31)19(37)14-36(22)26(39)24(28(2,3)4)35-27(40)30(32)10-11-30/h8-9,12,15,19,21-22,24,37H,10-11,13-14H2,1-7H3,(H,33,38)(H,35,40)/t19-,21-,22-,24+/m0/s1. The van der Waals surface area contributed by atoms with Gasteiger partial charge in [-0.25, -0.2) is 13.8 Å². The average Bonchev–Trinajstić information content (AvgIpc) is 3.37. The maximum Gasteiger partial charge on any atom is 0.258 e. The van der Waals surface area contributed by atoms with Crippen molar-refractivity contribution in [2.24, 2.45) is 5.41 Å². The summed E-state index contributed by atoms with van der Waals surface area (Å²) in [7, 11) is 0. The third kappa shape index (κ3) is 6.91. The van der Waals surface area contributed by atoms with Gasteiger partial charge in [-0.15, -0.1) is 11.3 Å². The van der Waals surface area contributed by atoms with Crippen LogP contribution in [0, 0.1) is 12.3 Å². The van der Waals surface area contributed by atoms with E-state index < -0.39 is 65.3 Å². The molecule has 3 amide bonds. The quantitative estimate of drug-likeness (QED) is 0.420. The maximum absolute atomic E-state index is 15.3. The Bertz CT molecular complexity index is 1350. The van der Waals surface area contributed by atoms with Crippen molar-refractivity contribution >= 4 is 29.1 Å². The van der Waals surface area contributed by atoms with Crippen LogP contribution in [0.3, 0.4) is 0 Å². The molecule has 0 bridgehead atoms. The lowest BCUT2D eigenvalue weighted by molar-refractivity contribution is -0.145. The molecular formula is C30H40F2N4O5S. The van der Waals surface area contributed by atoms with E-state index in [1.165, 1.54) is 11.3 Å². The number of nitrogens with zero attached hydrogens (tertiary/aromatic N) is 2. The zero-order valence-corrected chi connectivity index (χ0v) is 25.9. The molecule has 2 aromatic rings. The third-order valence-corrected chi connectivity index (χ3v) is 8.35. The van der Waals surface area contributed by atoms with Crippen LogP contribution < -0.4 is 15.4 Å². The molecular weight excluding hydrogens is 566 g/mol. The highest BCUT2D eigenvalue weighted by molar-refractivity contribution is 7.13. The minimum atomic E-state index is -2.05. The lowest BCUT2D eigenvalue weighted by Crippen LogP contribution is -2.59. The number of nitrogens with one attached hydrogen (secondary N) is 2. The van der Waals surface area contributed by atoms with Crippen molar-refractivity contribution in [2.45, 2.75) is 103 Å². The normalized spacial score (nSPS) is 22.4. The van der Waals surface area contributed by atoms with Gasteiger partial charge >= 0.3 is 0 Å². The summed E-state index contributed by atoms with van der Waals surface area (Å²) in [4.78, 5) is 45.8. The predicted molar refractivity (Wildman–Crippen MR) is 155 cm³/mol. The Hall–Kier alpha value is -3.12. The van der Waals surface area contributed by atoms with Gasteiger partial charge in [0.15, 0.2) is 11.8 Å². The monoisotopic (exact) mass is 606 g/mol. The van der Waals surface area contributed by atoms with Crippen LogP contribution in [0.4, 0.5) is 8.78 Å². The summed E-state index contributed by atoms with van der Waals surface area (Å²) in [5.74, 6) is -1.95. The van der Waals surface area contributed by atoms with E-state index in [1.807, 2.05) is 45.9 Å². The summed E-state index contributed by atoms with van der Waals surface area (Å²) < 4.78 is 35.9. The summed E-state index contributed by atoms with van der Waals surface area (Å²) in [5, 5.41) is 15.5. The van der Waals surface area contributed by atoms with Gasteiger partial charge in [0.2, 0.25) is 11.8 Å². The first-order chi connectivity index (χ1) is 19.4. The molecule has 9 nitrogen and oxygen atoms in total. The predicted octanol–water partition coefficient (Wildman–Crippen LogP) is 3.85. The number of aliphatic hydroxyl groups is 1. The zero-order valence-electron chi connectivity index (χ0n) is 25.1. The van der Waals surface area contributed by atoms with Crippen LogP contribution in [-0.2, 0) is 20.9 Å². The van der Waals surface area contributed by atoms with Gasteiger partial charge in [-0.3, -0.25) is 14.4 Å². The van der Waals surface area contributed by atoms with Crippen molar-refractivity contribution < 1.29 is 33.0 Å². The molecule has 1 saturated carbocycles. The summed E-state index contributed by atoms with van der Waals surface area (Å²) in [5.41, 5.74) is 0.730. The first-order valence-corrected chi connectivity index (χ1v) is 14.9. The van der Waals surface area contributed by atoms with Crippen LogP contribution in [0.15, 0.2) is 23.7 Å². The maximum atomic E-state index is 15.3. The van der Waals surface area contributed by atoms with Gasteiger partial charge in [0.25, 0.3) is 5.91 Å². The number of carbonyl (C=O) groups is 3. The Morgan fingerprint density at radius 3 is 2.43 bits per heavy atom. The highest BCUT2D eigenvalue weighted by Crippen LogP contribution is 2.40. The molecule has 1 aliphatic carbocycles. The molecule has 3 N–H and O–H groups in total. The Balaban J connectivity index is 1.55. The van der Waals surface area contributed by atoms with E-state index >= 15 is 4.39 Å². The Morgan fingerprint density at radius 2 is 1.88 bits per heavy atom. The van der Waals surface area contributed by atoms with E-state index in [0.717, 1.165) is 21.0 Å². The van der Waals surface area contributed by atoms with Gasteiger partial charge < -0.3 is 25.4 Å². The third-order valence-electron chi connectivity index (χ3n) is 7.37. The average molecular weight is 607 g/mol. The van der Waals surface area contributed by atoms with Crippen molar-refractivity contribution in [1.82, 2.24) is 20.5 Å². The minimum Gasteiger partial charge on any atom is -0.488 e. The molecule has 4 rings (SSSR count). The fourth-order valence-electron chi connectivity index (χ4n) is 4.86. The highest BCUT2D eigenvalue weighted by atomic mass is 32.1. The molecule has 2 heterocycles. The number of carbonyl (C=O) groups excluding carboxylic acids is 3. The van der Waals surface area contributed by atoms with Crippen molar-refractivity contribution in [3.05, 3.63) is 35.0 Å². The van der Waals surface area contributed by atoms with Crippen LogP contribution in [0.25, 0.3) is 10.4 Å². The van der Waals surface area contributed by atoms with Crippen LogP contribution in [0.1, 0.15) is 65.6 Å². The zero-order chi connectivity index (χ0) is 31.2. The molecule has 42 heavy (non-hydrogen) atoms. The Kier molecular flexibility index (Phi) is 8.72. The molecule has 0 unspecified atom stereocenters. The number of thiazole rings is 1. The molecule has 12 heteroatoms. The van der Waals surface area contributed by atoms with Gasteiger partial charge in [0, 0.05) is 12.1 Å². The van der Waals surface area contributed by atoms with Crippen LogP contribution in [0.2, 0.25) is 0 Å². The second-order valence-electron chi connectivity index (χ2n) is 13.2. The number of ether oxygens (including phenoxy) is 1. The van der Waals surface area contributed by atoms with Crippen molar-refractivity contribution in [3.63, 3.8) is 0 Å². The molecule has 4 atom stereocenters. The van der Waals surface area contributed by atoms with E-state index in [1.54, 1.807) is 26.3 Å². The molecule has 230 valence electrons. The van der Waals surface area contributed by atoms with Gasteiger partial charge in [0.1, 0.15) is 29.5 Å². The fraction of sp³-hybridized carbons (Fsp3) is 0.600. The second-order valence-corrected chi connectivity index (χ2v) is 14.1. The topological polar surface area (TPSA) is 121 Å². The number of halogens is 2. The number of aryl methyl sites for hydroxylation is 1. The summed E-state index contributed by atoms with van der Waals surface area (Å²) in [6, 6.07) is 2.69. The van der Waals surface area contributed by atoms with Crippen molar-refractivity contribution in [2.75, 3.05) is 6.54 Å². The SMILES string of the molecule is Cc1ncsc1-c1ccc(CNC(=O)[C@@H]2[C@@H](F)[C@@H](O)CN2C(=O)[C@@H](NC(=O)C2(F)CC2)C(C)(C)C)c(OC(C)(C)C)c1. The smallest absolute Gasteiger partial charge is 0.258 e. The van der Waals surface area contributed by atoms with Crippen LogP contribution in [-0.4, -0.2) is 74.9 Å². The fourth-order valence-corrected chi connectivity index (χ4v) is 5.66. The molecule has 0 spiro atoms. The largest absolute Gasteiger partial charge is 0.488 e. The van der Waals surface area contributed by atoms with Crippen LogP contribution >= 0.6 is 11.3 Å². The number of β-amino-alcohol motifs (C(OH)–C–C–N with tert-alkyl or cyclic N) is 1. The molecule has 2 fully saturated rings. The number of aromatic nitrogens is 1. The molecule has 1 aliphatic heterocycles. The lowest BCUT2D eigenvalue weighted by Gasteiger charge is -2.35. The summed E-state index contributed by atoms with van der Waals surface area (Å²) in [6.07, 6.45) is -3.52. The first kappa shape index (κ1) is 31.8. The number of likely N-dealkylation sites (tertiary alicyclic amines) is 1. The Morgan fingerprint density at radius 1 is 1.21 bits per heavy atom. The number of amides is 3. The van der Waals surface area contributed by atoms with Gasteiger partial charge in [0.05, 0.1) is 22.6 Å². The summed E-state index contributed by atoms with van der Waals surface area (Å²) >= 11 is 1.50. The molecule has 1 aromatic heterocycles. The molecule has 0 radical (unpaired) electrons. The lowest BCUT2D eigenvalue weighted by atomic mass is 9.85. The molecule has 1 aromatic carbocycles. The number of hydrogen-bond donors (Lipinski definition) is 3. The van der Waals surface area contributed by atoms with Gasteiger partial charge in [-0.2, -0.15) is 0 Å². The van der Waals surface area contributed by atoms with E-state index in [2.05, 4.69) is 15.6 Å². The Labute approximate surface area is 249 Å². The number of alkyl halides is 2. The number of benzene rings is 1. The first-order valence-electron chi connectivity index (χ1n) is 14.0. The molecule has 1 saturated heterocycles. The van der Waals surface area contributed by atoms with Crippen molar-refractivity contribution in [1.29, 1.82) is 0 Å². The number of rotatable bonds is 8. The minimum absolute atomic E-state index is 0.0304. The number of hydrogen-bond acceptors (Lipinski definition) is 7. The highest BCUT2D eigenvalue weighted by Gasteiger charge is 2.54. The molecule has 2 aliphatic rings. The van der Waals surface area contributed by atoms with Gasteiger partial charge in [-0.1, -0.05) is 32.9 Å². The van der Waals surface area contributed by atoms with E-state index in [9.17, 15) is 23.9 Å². The van der Waals surface area contributed by atoms with E-state index in [-0.39, 0.29) is 19.4 Å². The van der Waals surface area contributed by atoms with Crippen molar-refractivity contribution in [3.8, 4) is 16.2 Å². The summed E-state index contributed by atoms with van der Waals surface area (Å²) in [6.45, 7) is 12.2. The number of aliphatic hydroxyl groups excluding tert-OH is 1. The van der Waals surface area contributed by atoms with E-state index in [0.29, 0.717) is 11.3 Å². The van der Waals surface area contributed by atoms with Crippen LogP contribution in [0.5, 0.6) is 5.75 Å². The van der Waals surface area contributed by atoms with Gasteiger partial charge in [-0.05, 0) is 57.6 Å². The van der Waals surface area contributed by atoms with E-state index in [4.69, 9.17) is 4.74 Å².